The molecule has 1 atom stereocenters. The predicted octanol–water partition coefficient (Wildman–Crippen LogP) is 5.28. The van der Waals surface area contributed by atoms with Crippen LogP contribution in [0.15, 0.2) is 72.8 Å². The largest absolute Gasteiger partial charge is 0.489 e. The number of ether oxygens (including phenoxy) is 1. The highest BCUT2D eigenvalue weighted by Gasteiger charge is 2.31. The van der Waals surface area contributed by atoms with Gasteiger partial charge in [-0.15, -0.1) is 0 Å². The van der Waals surface area contributed by atoms with Crippen molar-refractivity contribution in [1.29, 1.82) is 0 Å². The van der Waals surface area contributed by atoms with Crippen LogP contribution < -0.4 is 14.4 Å². The predicted molar refractivity (Wildman–Crippen MR) is 159 cm³/mol. The number of halogens is 2. The number of sulfonamides is 1. The van der Waals surface area contributed by atoms with Gasteiger partial charge < -0.3 is 15.0 Å². The van der Waals surface area contributed by atoms with E-state index in [1.54, 1.807) is 56.3 Å². The highest BCUT2D eigenvalue weighted by molar-refractivity contribution is 7.92. The van der Waals surface area contributed by atoms with Gasteiger partial charge in [0.2, 0.25) is 21.8 Å². The van der Waals surface area contributed by atoms with Crippen molar-refractivity contribution >= 4 is 50.7 Å². The number of hydrogen-bond acceptors (Lipinski definition) is 5. The number of likely N-dealkylation sites (N-methyl/N-ethyl adjacent to an activating group) is 1. The Morgan fingerprint density at radius 3 is 2.17 bits per heavy atom. The van der Waals surface area contributed by atoms with Crippen LogP contribution in [-0.4, -0.2) is 50.5 Å². The minimum atomic E-state index is -3.86. The molecule has 0 aliphatic carbocycles. The Hall–Kier alpha value is -3.27. The van der Waals surface area contributed by atoms with Crippen LogP contribution in [0.1, 0.15) is 31.4 Å². The third-order valence-corrected chi connectivity index (χ3v) is 8.01. The van der Waals surface area contributed by atoms with E-state index in [1.807, 2.05) is 30.3 Å². The second-order valence-electron chi connectivity index (χ2n) is 9.13. The van der Waals surface area contributed by atoms with Gasteiger partial charge in [0.05, 0.1) is 22.0 Å². The van der Waals surface area contributed by atoms with E-state index in [9.17, 15) is 18.0 Å². The zero-order valence-electron chi connectivity index (χ0n) is 22.6. The SMILES string of the molecule is CCNC(=O)[C@@H](CC)N(Cc1ccc(Cl)c(Cl)c1)C(=O)CN(c1ccc(OCc2ccccc2)cc1)S(C)(=O)=O. The summed E-state index contributed by atoms with van der Waals surface area (Å²) in [5.74, 6) is -0.320. The summed E-state index contributed by atoms with van der Waals surface area (Å²) in [4.78, 5) is 28.0. The van der Waals surface area contributed by atoms with Gasteiger partial charge in [0.15, 0.2) is 0 Å². The molecule has 2 amide bonds. The first-order valence-electron chi connectivity index (χ1n) is 12.8. The highest BCUT2D eigenvalue weighted by atomic mass is 35.5. The summed E-state index contributed by atoms with van der Waals surface area (Å²) in [6, 6.07) is 20.2. The Kier molecular flexibility index (Phi) is 11.2. The molecule has 3 aromatic carbocycles. The van der Waals surface area contributed by atoms with E-state index in [2.05, 4.69) is 5.32 Å². The number of nitrogens with one attached hydrogen (secondary N) is 1. The highest BCUT2D eigenvalue weighted by Crippen LogP contribution is 2.26. The van der Waals surface area contributed by atoms with E-state index in [1.165, 1.54) is 4.90 Å². The molecule has 0 fully saturated rings. The molecule has 0 bridgehead atoms. The van der Waals surface area contributed by atoms with Crippen LogP contribution in [0.4, 0.5) is 5.69 Å². The Balaban J connectivity index is 1.86. The van der Waals surface area contributed by atoms with Crippen LogP contribution >= 0.6 is 23.2 Å². The van der Waals surface area contributed by atoms with Crippen LogP contribution in [-0.2, 0) is 32.8 Å². The van der Waals surface area contributed by atoms with E-state index < -0.39 is 28.5 Å². The van der Waals surface area contributed by atoms with Crippen LogP contribution in [0.5, 0.6) is 5.75 Å². The lowest BCUT2D eigenvalue weighted by Crippen LogP contribution is -2.52. The fourth-order valence-corrected chi connectivity index (χ4v) is 5.28. The van der Waals surface area contributed by atoms with Gasteiger partial charge in [-0.25, -0.2) is 8.42 Å². The lowest BCUT2D eigenvalue weighted by atomic mass is 10.1. The zero-order valence-corrected chi connectivity index (χ0v) is 25.0. The molecule has 0 saturated heterocycles. The van der Waals surface area contributed by atoms with Crippen molar-refractivity contribution < 1.29 is 22.7 Å². The molecule has 0 aliphatic heterocycles. The fourth-order valence-electron chi connectivity index (χ4n) is 4.11. The van der Waals surface area contributed by atoms with Gasteiger partial charge in [0.25, 0.3) is 0 Å². The average molecular weight is 607 g/mol. The minimum Gasteiger partial charge on any atom is -0.489 e. The van der Waals surface area contributed by atoms with Gasteiger partial charge in [0.1, 0.15) is 24.9 Å². The van der Waals surface area contributed by atoms with E-state index in [0.717, 1.165) is 16.1 Å². The molecular formula is C29H33Cl2N3O5S. The molecule has 214 valence electrons. The molecule has 11 heteroatoms. The van der Waals surface area contributed by atoms with Gasteiger partial charge >= 0.3 is 0 Å². The summed E-state index contributed by atoms with van der Waals surface area (Å²) in [6.07, 6.45) is 1.36. The number of carbonyl (C=O) groups is 2. The quantitative estimate of drug-likeness (QED) is 0.286. The van der Waals surface area contributed by atoms with Gasteiger partial charge in [0, 0.05) is 13.1 Å². The maximum atomic E-state index is 13.7. The molecular weight excluding hydrogens is 573 g/mol. The second kappa shape index (κ2) is 14.4. The molecule has 0 unspecified atom stereocenters. The van der Waals surface area contributed by atoms with Crippen LogP contribution in [0.25, 0.3) is 0 Å². The second-order valence-corrected chi connectivity index (χ2v) is 11.8. The molecule has 0 aromatic heterocycles. The Bertz CT molecular complexity index is 1400. The molecule has 0 heterocycles. The number of amides is 2. The maximum Gasteiger partial charge on any atom is 0.244 e. The van der Waals surface area contributed by atoms with Crippen molar-refractivity contribution in [1.82, 2.24) is 10.2 Å². The van der Waals surface area contributed by atoms with Crippen molar-refractivity contribution in [2.45, 2.75) is 39.5 Å². The summed E-state index contributed by atoms with van der Waals surface area (Å²) >= 11 is 12.2. The molecule has 0 aliphatic rings. The van der Waals surface area contributed by atoms with E-state index in [0.29, 0.717) is 46.6 Å². The van der Waals surface area contributed by atoms with Gasteiger partial charge in [-0.2, -0.15) is 0 Å². The number of benzene rings is 3. The van der Waals surface area contributed by atoms with E-state index in [-0.39, 0.29) is 12.5 Å². The number of anilines is 1. The van der Waals surface area contributed by atoms with Crippen molar-refractivity contribution in [3.63, 3.8) is 0 Å². The zero-order chi connectivity index (χ0) is 29.3. The number of rotatable bonds is 13. The molecule has 0 radical (unpaired) electrons. The Labute approximate surface area is 245 Å². The van der Waals surface area contributed by atoms with Gasteiger partial charge in [-0.1, -0.05) is 66.5 Å². The number of carbonyl (C=O) groups excluding carboxylic acids is 2. The lowest BCUT2D eigenvalue weighted by Gasteiger charge is -2.32. The maximum absolute atomic E-state index is 13.7. The molecule has 40 heavy (non-hydrogen) atoms. The average Bonchev–Trinajstić information content (AvgIpc) is 2.92. The summed E-state index contributed by atoms with van der Waals surface area (Å²) in [6.45, 7) is 3.86. The van der Waals surface area contributed by atoms with Crippen LogP contribution in [0.3, 0.4) is 0 Å². The Morgan fingerprint density at radius 1 is 0.925 bits per heavy atom. The molecule has 3 aromatic rings. The third-order valence-electron chi connectivity index (χ3n) is 6.13. The lowest BCUT2D eigenvalue weighted by molar-refractivity contribution is -0.140. The summed E-state index contributed by atoms with van der Waals surface area (Å²) in [7, 11) is -3.86. The van der Waals surface area contributed by atoms with Crippen molar-refractivity contribution in [2.24, 2.45) is 0 Å². The summed E-state index contributed by atoms with van der Waals surface area (Å²) in [5.41, 5.74) is 1.94. The molecule has 1 N–H and O–H groups in total. The van der Waals surface area contributed by atoms with Crippen molar-refractivity contribution in [3.05, 3.63) is 94.0 Å². The van der Waals surface area contributed by atoms with Crippen molar-refractivity contribution in [2.75, 3.05) is 23.7 Å². The minimum absolute atomic E-state index is 0.0369. The van der Waals surface area contributed by atoms with Gasteiger partial charge in [-0.05, 0) is 60.9 Å². The fraction of sp³-hybridized carbons (Fsp3) is 0.310. The Morgan fingerprint density at radius 2 is 1.60 bits per heavy atom. The van der Waals surface area contributed by atoms with E-state index >= 15 is 0 Å². The monoisotopic (exact) mass is 605 g/mol. The summed E-state index contributed by atoms with van der Waals surface area (Å²) in [5, 5.41) is 3.43. The molecule has 8 nitrogen and oxygen atoms in total. The van der Waals surface area contributed by atoms with E-state index in [4.69, 9.17) is 27.9 Å². The first-order chi connectivity index (χ1) is 19.0. The van der Waals surface area contributed by atoms with Gasteiger partial charge in [-0.3, -0.25) is 13.9 Å². The molecule has 3 rings (SSSR count). The number of nitrogens with zero attached hydrogens (tertiary/aromatic N) is 2. The normalized spacial score (nSPS) is 11.9. The summed E-state index contributed by atoms with van der Waals surface area (Å²) < 4.78 is 32.4. The standard InChI is InChI=1S/C29H33Cl2N3O5S/c1-4-27(29(36)32-5-2)33(18-22-11-16-25(30)26(31)17-22)28(35)19-34(40(3,37)38)23-12-14-24(15-13-23)39-20-21-9-7-6-8-10-21/h6-17,27H,4-5,18-20H2,1-3H3,(H,32,36)/t27-/m1/s1. The molecule has 0 saturated carbocycles. The smallest absolute Gasteiger partial charge is 0.244 e. The van der Waals surface area contributed by atoms with Crippen molar-refractivity contribution in [3.8, 4) is 5.75 Å². The van der Waals surface area contributed by atoms with Crippen LogP contribution in [0.2, 0.25) is 10.0 Å². The first-order valence-corrected chi connectivity index (χ1v) is 15.4. The first kappa shape index (κ1) is 31.3. The third kappa shape index (κ3) is 8.61. The van der Waals surface area contributed by atoms with Crippen LogP contribution in [0, 0.1) is 0 Å². The molecule has 0 spiro atoms. The number of hydrogen-bond donors (Lipinski definition) is 1. The topological polar surface area (TPSA) is 96.0 Å².